The fourth-order valence-electron chi connectivity index (χ4n) is 4.39. The van der Waals surface area contributed by atoms with Crippen LogP contribution in [-0.2, 0) is 16.6 Å². The molecule has 2 heterocycles. The number of carbonyl (C=O) groups excluding carboxylic acids is 2. The van der Waals surface area contributed by atoms with E-state index < -0.39 is 0 Å². The van der Waals surface area contributed by atoms with Crippen molar-refractivity contribution < 1.29 is 9.59 Å². The molecule has 4 aromatic rings. The van der Waals surface area contributed by atoms with Gasteiger partial charge >= 0.3 is 0 Å². The monoisotopic (exact) mass is 496 g/mol. The Kier molecular flexibility index (Phi) is 6.29. The van der Waals surface area contributed by atoms with E-state index in [0.29, 0.717) is 34.3 Å². The quantitative estimate of drug-likeness (QED) is 0.294. The van der Waals surface area contributed by atoms with Crippen LogP contribution in [0.4, 0.5) is 17.3 Å². The Hall–Kier alpha value is -4.03. The van der Waals surface area contributed by atoms with Gasteiger partial charge in [0, 0.05) is 40.0 Å². The number of benzene rings is 3. The van der Waals surface area contributed by atoms with Crippen molar-refractivity contribution in [1.82, 2.24) is 9.97 Å². The molecule has 0 fully saturated rings. The van der Waals surface area contributed by atoms with Crippen molar-refractivity contribution in [2.75, 3.05) is 10.6 Å². The van der Waals surface area contributed by atoms with Crippen LogP contribution in [0, 0.1) is 0 Å². The third-order valence-electron chi connectivity index (χ3n) is 6.35. The molecule has 7 heteroatoms. The number of Topliss-reactive ketones (excluding diaryl/α,β-unsaturated/α-hetero) is 1. The molecule has 5 rings (SSSR count). The van der Waals surface area contributed by atoms with Crippen LogP contribution >= 0.6 is 11.6 Å². The fraction of sp³-hybridized carbons (Fsp3) is 0.172. The highest BCUT2D eigenvalue weighted by Gasteiger charge is 2.25. The van der Waals surface area contributed by atoms with Gasteiger partial charge in [-0.3, -0.25) is 9.59 Å². The number of ketones is 1. The van der Waals surface area contributed by atoms with Gasteiger partial charge in [0.25, 0.3) is 0 Å². The molecule has 0 spiro atoms. The number of amides is 1. The maximum Gasteiger partial charge on any atom is 0.228 e. The van der Waals surface area contributed by atoms with Crippen molar-refractivity contribution in [3.05, 3.63) is 101 Å². The van der Waals surface area contributed by atoms with Crippen molar-refractivity contribution in [2.45, 2.75) is 32.1 Å². The summed E-state index contributed by atoms with van der Waals surface area (Å²) in [5, 5.41) is 6.62. The maximum atomic E-state index is 13.0. The van der Waals surface area contributed by atoms with Gasteiger partial charge in [0.15, 0.2) is 5.78 Å². The second-order valence-corrected chi connectivity index (χ2v) is 9.97. The molecule has 0 aliphatic carbocycles. The average Bonchev–Trinajstić information content (AvgIpc) is 2.99. The highest BCUT2D eigenvalue weighted by atomic mass is 35.5. The van der Waals surface area contributed by atoms with Gasteiger partial charge in [-0.25, -0.2) is 9.97 Å². The van der Waals surface area contributed by atoms with Gasteiger partial charge in [-0.1, -0.05) is 55.8 Å². The summed E-state index contributed by atoms with van der Waals surface area (Å²) in [6.45, 7) is 4.17. The van der Waals surface area contributed by atoms with E-state index in [2.05, 4.69) is 46.6 Å². The minimum atomic E-state index is -0.262. The summed E-state index contributed by atoms with van der Waals surface area (Å²) in [5.74, 6) is 0.342. The molecule has 1 amide bonds. The fourth-order valence-corrected chi connectivity index (χ4v) is 4.56. The molecular weight excluding hydrogens is 472 g/mol. The number of fused-ring (bicyclic) bond motifs is 3. The number of hydrogen-bond donors (Lipinski definition) is 2. The summed E-state index contributed by atoms with van der Waals surface area (Å²) in [6, 6.07) is 22.7. The number of nitrogens with one attached hydrogen (secondary N) is 2. The van der Waals surface area contributed by atoms with Gasteiger partial charge in [0.2, 0.25) is 11.9 Å². The topological polar surface area (TPSA) is 84.0 Å². The van der Waals surface area contributed by atoms with Crippen LogP contribution in [-0.4, -0.2) is 21.7 Å². The van der Waals surface area contributed by atoms with E-state index in [-0.39, 0.29) is 23.5 Å². The lowest BCUT2D eigenvalue weighted by molar-refractivity contribution is -0.115. The number of aromatic nitrogens is 2. The summed E-state index contributed by atoms with van der Waals surface area (Å²) >= 11 is 6.12. The molecule has 0 saturated carbocycles. The summed E-state index contributed by atoms with van der Waals surface area (Å²) in [6.07, 6.45) is 2.25. The molecule has 36 heavy (non-hydrogen) atoms. The number of carbonyl (C=O) groups is 2. The van der Waals surface area contributed by atoms with Gasteiger partial charge in [0.05, 0.1) is 17.8 Å². The van der Waals surface area contributed by atoms with Gasteiger partial charge in [-0.05, 0) is 53.4 Å². The van der Waals surface area contributed by atoms with Crippen LogP contribution in [0.2, 0.25) is 5.02 Å². The smallest absolute Gasteiger partial charge is 0.228 e. The first-order chi connectivity index (χ1) is 17.3. The Morgan fingerprint density at radius 2 is 1.81 bits per heavy atom. The Bertz CT molecular complexity index is 1450. The van der Waals surface area contributed by atoms with E-state index in [0.717, 1.165) is 22.4 Å². The first-order valence-electron chi connectivity index (χ1n) is 11.7. The standard InChI is InChI=1S/C29H25ClN4O2/c1-29(2,20-6-4-3-5-7-20)16-25(35)18-8-11-22(12-9-18)32-28-31-17-19-14-26(36)33-24-15-21(30)10-13-23(24)27(19)34-28/h3-13,15,17H,14,16H2,1-2H3,(H,33,36)(H,31,32,34). The van der Waals surface area contributed by atoms with Gasteiger partial charge < -0.3 is 10.6 Å². The molecule has 0 radical (unpaired) electrons. The zero-order valence-electron chi connectivity index (χ0n) is 20.0. The van der Waals surface area contributed by atoms with E-state index in [9.17, 15) is 9.59 Å². The lowest BCUT2D eigenvalue weighted by Gasteiger charge is -2.24. The highest BCUT2D eigenvalue weighted by Crippen LogP contribution is 2.35. The highest BCUT2D eigenvalue weighted by molar-refractivity contribution is 6.31. The maximum absolute atomic E-state index is 13.0. The van der Waals surface area contributed by atoms with Crippen LogP contribution < -0.4 is 10.6 Å². The van der Waals surface area contributed by atoms with Crippen molar-refractivity contribution in [3.63, 3.8) is 0 Å². The second kappa shape index (κ2) is 9.55. The van der Waals surface area contributed by atoms with E-state index >= 15 is 0 Å². The van der Waals surface area contributed by atoms with Crippen molar-refractivity contribution in [1.29, 1.82) is 0 Å². The van der Waals surface area contributed by atoms with E-state index in [1.54, 1.807) is 18.3 Å². The third-order valence-corrected chi connectivity index (χ3v) is 6.58. The molecule has 0 saturated heterocycles. The Morgan fingerprint density at radius 3 is 2.56 bits per heavy atom. The zero-order valence-corrected chi connectivity index (χ0v) is 20.8. The van der Waals surface area contributed by atoms with Crippen LogP contribution in [0.1, 0.15) is 41.8 Å². The summed E-state index contributed by atoms with van der Waals surface area (Å²) in [5.41, 5.74) is 5.11. The van der Waals surface area contributed by atoms with Crippen LogP contribution in [0.5, 0.6) is 0 Å². The lowest BCUT2D eigenvalue weighted by atomic mass is 9.79. The molecule has 0 unspecified atom stereocenters. The summed E-state index contributed by atoms with van der Waals surface area (Å²) in [4.78, 5) is 34.4. The normalized spacial score (nSPS) is 12.7. The number of halogens is 1. The number of anilines is 3. The summed E-state index contributed by atoms with van der Waals surface area (Å²) < 4.78 is 0. The lowest BCUT2D eigenvalue weighted by Crippen LogP contribution is -2.21. The molecule has 1 aliphatic heterocycles. The molecule has 180 valence electrons. The zero-order chi connectivity index (χ0) is 25.3. The minimum absolute atomic E-state index is 0.0871. The molecular formula is C29H25ClN4O2. The second-order valence-electron chi connectivity index (χ2n) is 9.53. The molecule has 1 aliphatic rings. The molecule has 2 N–H and O–H groups in total. The van der Waals surface area contributed by atoms with E-state index in [1.807, 2.05) is 48.5 Å². The molecule has 0 bridgehead atoms. The number of nitrogens with zero attached hydrogens (tertiary/aromatic N) is 2. The first kappa shape index (κ1) is 23.7. The molecule has 3 aromatic carbocycles. The molecule has 0 atom stereocenters. The molecule has 6 nitrogen and oxygen atoms in total. The largest absolute Gasteiger partial charge is 0.325 e. The average molecular weight is 497 g/mol. The Morgan fingerprint density at radius 1 is 1.06 bits per heavy atom. The van der Waals surface area contributed by atoms with E-state index in [4.69, 9.17) is 11.6 Å². The Balaban J connectivity index is 1.34. The van der Waals surface area contributed by atoms with Gasteiger partial charge in [-0.15, -0.1) is 0 Å². The van der Waals surface area contributed by atoms with Crippen LogP contribution in [0.3, 0.4) is 0 Å². The van der Waals surface area contributed by atoms with Crippen molar-refractivity contribution in [2.24, 2.45) is 0 Å². The van der Waals surface area contributed by atoms with Crippen molar-refractivity contribution in [3.8, 4) is 11.3 Å². The van der Waals surface area contributed by atoms with Crippen LogP contribution in [0.25, 0.3) is 11.3 Å². The van der Waals surface area contributed by atoms with Crippen LogP contribution in [0.15, 0.2) is 79.0 Å². The number of rotatable bonds is 6. The predicted molar refractivity (Wildman–Crippen MR) is 143 cm³/mol. The third kappa shape index (κ3) is 4.99. The van der Waals surface area contributed by atoms with E-state index in [1.165, 1.54) is 0 Å². The Labute approximate surface area is 214 Å². The first-order valence-corrected chi connectivity index (χ1v) is 12.1. The minimum Gasteiger partial charge on any atom is -0.325 e. The molecule has 1 aromatic heterocycles. The predicted octanol–water partition coefficient (Wildman–Crippen LogP) is 6.59. The van der Waals surface area contributed by atoms with Gasteiger partial charge in [-0.2, -0.15) is 0 Å². The summed E-state index contributed by atoms with van der Waals surface area (Å²) in [7, 11) is 0. The van der Waals surface area contributed by atoms with Gasteiger partial charge in [0.1, 0.15) is 0 Å². The van der Waals surface area contributed by atoms with Crippen molar-refractivity contribution >= 4 is 40.6 Å². The number of hydrogen-bond acceptors (Lipinski definition) is 5. The SMILES string of the molecule is CC(C)(CC(=O)c1ccc(Nc2ncc3c(n2)-c2ccc(Cl)cc2NC(=O)C3)cc1)c1ccccc1.